The van der Waals surface area contributed by atoms with Gasteiger partial charge in [-0.2, -0.15) is 0 Å². The number of hydrogen-bond acceptors (Lipinski definition) is 3. The molecule has 0 aromatic carbocycles. The van der Waals surface area contributed by atoms with Crippen molar-refractivity contribution in [2.75, 3.05) is 6.61 Å². The Morgan fingerprint density at radius 1 is 0.923 bits per heavy atom. The van der Waals surface area contributed by atoms with Crippen LogP contribution in [0, 0.1) is 52.3 Å². The van der Waals surface area contributed by atoms with Crippen LogP contribution in [0.1, 0.15) is 124 Å². The molecule has 222 valence electrons. The minimum atomic E-state index is 0.0911. The van der Waals surface area contributed by atoms with Crippen molar-refractivity contribution in [3.8, 4) is 0 Å². The SMILES string of the molecule is C[C@H](CO)CCC1O[C@H]2C[C@H]3[C@@H]4CC[C@@H]5C[C@H](NC(=O)NC6CCCCC6)CC[C@]5(C)[C@H]4CC[C@]3(C)[C@H]2[C@@H]1C. The van der Waals surface area contributed by atoms with E-state index in [1.165, 1.54) is 64.2 Å². The Morgan fingerprint density at radius 2 is 1.67 bits per heavy atom. The summed E-state index contributed by atoms with van der Waals surface area (Å²) in [5, 5.41) is 16.2. The standard InChI is InChI=1S/C34H58N2O3/c1-21(20-37)10-13-29-22(2)31-30(39-29)19-28-26-12-11-23-18-25(36-32(38)35-24-8-6-5-7-9-24)14-16-33(23,3)27(26)15-17-34(28,31)4/h21-31,37H,5-20H2,1-4H3,(H2,35,36,38)/t21-,22+,23+,25+,26+,27-,28-,29?,30-,31-,33-,34-/m0/s1. The van der Waals surface area contributed by atoms with E-state index >= 15 is 0 Å². The number of hydrogen-bond donors (Lipinski definition) is 3. The monoisotopic (exact) mass is 542 g/mol. The van der Waals surface area contributed by atoms with Gasteiger partial charge in [-0.3, -0.25) is 0 Å². The fraction of sp³-hybridized carbons (Fsp3) is 0.971. The van der Waals surface area contributed by atoms with E-state index < -0.39 is 0 Å². The molecule has 5 heteroatoms. The van der Waals surface area contributed by atoms with Crippen molar-refractivity contribution in [3.63, 3.8) is 0 Å². The van der Waals surface area contributed by atoms with Crippen LogP contribution in [-0.2, 0) is 4.74 Å². The fourth-order valence-corrected chi connectivity index (χ4v) is 11.6. The fourth-order valence-electron chi connectivity index (χ4n) is 11.6. The van der Waals surface area contributed by atoms with Gasteiger partial charge in [-0.1, -0.05) is 47.0 Å². The van der Waals surface area contributed by atoms with Gasteiger partial charge in [0.05, 0.1) is 12.2 Å². The number of fused-ring (bicyclic) bond motifs is 7. The Balaban J connectivity index is 1.07. The summed E-state index contributed by atoms with van der Waals surface area (Å²) in [5.41, 5.74) is 0.872. The first-order valence-electron chi connectivity index (χ1n) is 17.1. The number of carbonyl (C=O) groups excluding carboxylic acids is 1. The predicted octanol–water partition coefficient (Wildman–Crippen LogP) is 7.07. The number of ether oxygens (including phenoxy) is 1. The highest BCUT2D eigenvalue weighted by molar-refractivity contribution is 5.74. The van der Waals surface area contributed by atoms with Crippen LogP contribution in [0.2, 0.25) is 0 Å². The molecule has 0 bridgehead atoms. The van der Waals surface area contributed by atoms with Gasteiger partial charge in [0.15, 0.2) is 0 Å². The van der Waals surface area contributed by atoms with Crippen LogP contribution in [0.4, 0.5) is 4.79 Å². The first-order valence-corrected chi connectivity index (χ1v) is 17.1. The summed E-state index contributed by atoms with van der Waals surface area (Å²) in [4.78, 5) is 12.8. The number of carbonyl (C=O) groups is 1. The van der Waals surface area contributed by atoms with Gasteiger partial charge in [-0.05, 0) is 129 Å². The van der Waals surface area contributed by atoms with Crippen LogP contribution >= 0.6 is 0 Å². The average molecular weight is 543 g/mol. The molecule has 2 amide bonds. The zero-order valence-electron chi connectivity index (χ0n) is 25.4. The summed E-state index contributed by atoms with van der Waals surface area (Å²) in [7, 11) is 0. The minimum Gasteiger partial charge on any atom is -0.396 e. The number of amides is 2. The Bertz CT molecular complexity index is 875. The van der Waals surface area contributed by atoms with Gasteiger partial charge < -0.3 is 20.5 Å². The molecule has 1 saturated heterocycles. The van der Waals surface area contributed by atoms with Crippen molar-refractivity contribution < 1.29 is 14.6 Å². The Morgan fingerprint density at radius 3 is 2.44 bits per heavy atom. The maximum atomic E-state index is 12.8. The Hall–Kier alpha value is -0.810. The highest BCUT2D eigenvalue weighted by atomic mass is 16.5. The van der Waals surface area contributed by atoms with Crippen LogP contribution < -0.4 is 10.6 Å². The highest BCUT2D eigenvalue weighted by Gasteiger charge is 2.65. The Kier molecular flexibility index (Phi) is 8.07. The molecule has 5 nitrogen and oxygen atoms in total. The zero-order valence-corrected chi connectivity index (χ0v) is 25.4. The number of rotatable bonds is 6. The van der Waals surface area contributed by atoms with Crippen molar-refractivity contribution in [1.82, 2.24) is 10.6 Å². The molecule has 1 heterocycles. The van der Waals surface area contributed by atoms with E-state index in [1.807, 2.05) is 0 Å². The quantitative estimate of drug-likeness (QED) is 0.336. The first kappa shape index (κ1) is 28.3. The van der Waals surface area contributed by atoms with E-state index in [2.05, 4.69) is 38.3 Å². The molecule has 5 saturated carbocycles. The largest absolute Gasteiger partial charge is 0.396 e. The molecule has 6 rings (SSSR count). The van der Waals surface area contributed by atoms with Gasteiger partial charge >= 0.3 is 6.03 Å². The molecule has 5 aliphatic carbocycles. The van der Waals surface area contributed by atoms with E-state index in [-0.39, 0.29) is 6.03 Å². The van der Waals surface area contributed by atoms with E-state index in [0.717, 1.165) is 55.8 Å². The molecular formula is C34H58N2O3. The van der Waals surface area contributed by atoms with Crippen molar-refractivity contribution in [3.05, 3.63) is 0 Å². The number of urea groups is 1. The summed E-state index contributed by atoms with van der Waals surface area (Å²) in [5.74, 6) is 5.02. The third-order valence-electron chi connectivity index (χ3n) is 13.8. The number of nitrogens with one attached hydrogen (secondary N) is 2. The van der Waals surface area contributed by atoms with E-state index in [1.54, 1.807) is 0 Å². The van der Waals surface area contributed by atoms with Gasteiger partial charge in [-0.15, -0.1) is 0 Å². The minimum absolute atomic E-state index is 0.0911. The van der Waals surface area contributed by atoms with Crippen molar-refractivity contribution >= 4 is 6.03 Å². The zero-order chi connectivity index (χ0) is 27.4. The van der Waals surface area contributed by atoms with E-state index in [9.17, 15) is 9.90 Å². The molecule has 0 aromatic rings. The van der Waals surface area contributed by atoms with Crippen LogP contribution in [0.25, 0.3) is 0 Å². The van der Waals surface area contributed by atoms with Crippen molar-refractivity contribution in [2.24, 2.45) is 52.3 Å². The van der Waals surface area contributed by atoms with Crippen LogP contribution in [0.3, 0.4) is 0 Å². The van der Waals surface area contributed by atoms with E-state index in [4.69, 9.17) is 4.74 Å². The smallest absolute Gasteiger partial charge is 0.315 e. The maximum absolute atomic E-state index is 12.8. The molecule has 6 aliphatic rings. The summed E-state index contributed by atoms with van der Waals surface area (Å²) in [6.07, 6.45) is 19.6. The molecule has 6 fully saturated rings. The lowest BCUT2D eigenvalue weighted by molar-refractivity contribution is -0.118. The molecule has 0 aromatic heterocycles. The molecule has 12 atom stereocenters. The second-order valence-corrected chi connectivity index (χ2v) is 15.8. The summed E-state index contributed by atoms with van der Waals surface area (Å²) in [6.45, 7) is 10.2. The molecular weight excluding hydrogens is 484 g/mol. The average Bonchev–Trinajstić information content (AvgIpc) is 3.40. The maximum Gasteiger partial charge on any atom is 0.315 e. The second-order valence-electron chi connectivity index (χ2n) is 15.8. The van der Waals surface area contributed by atoms with Gasteiger partial charge in [0, 0.05) is 18.7 Å². The molecule has 0 radical (unpaired) electrons. The van der Waals surface area contributed by atoms with Crippen LogP contribution in [0.5, 0.6) is 0 Å². The van der Waals surface area contributed by atoms with Gasteiger partial charge in [0.1, 0.15) is 0 Å². The number of aliphatic hydroxyl groups is 1. The molecule has 0 spiro atoms. The van der Waals surface area contributed by atoms with E-state index in [0.29, 0.717) is 59.5 Å². The van der Waals surface area contributed by atoms with Crippen molar-refractivity contribution in [2.45, 2.75) is 148 Å². The summed E-state index contributed by atoms with van der Waals surface area (Å²) < 4.78 is 6.84. The first-order chi connectivity index (χ1) is 18.7. The van der Waals surface area contributed by atoms with Gasteiger partial charge in [0.2, 0.25) is 0 Å². The normalized spacial score (nSPS) is 48.4. The van der Waals surface area contributed by atoms with Gasteiger partial charge in [0.25, 0.3) is 0 Å². The van der Waals surface area contributed by atoms with Crippen LogP contribution in [0.15, 0.2) is 0 Å². The van der Waals surface area contributed by atoms with Gasteiger partial charge in [-0.25, -0.2) is 4.79 Å². The topological polar surface area (TPSA) is 70.6 Å². The molecule has 39 heavy (non-hydrogen) atoms. The lowest BCUT2D eigenvalue weighted by atomic mass is 9.44. The third-order valence-corrected chi connectivity index (χ3v) is 13.8. The Labute approximate surface area is 238 Å². The lowest BCUT2D eigenvalue weighted by Crippen LogP contribution is -2.56. The molecule has 3 N–H and O–H groups in total. The molecule has 1 unspecified atom stereocenters. The summed E-state index contributed by atoms with van der Waals surface area (Å²) >= 11 is 0. The predicted molar refractivity (Wildman–Crippen MR) is 156 cm³/mol. The highest BCUT2D eigenvalue weighted by Crippen LogP contribution is 2.70. The third kappa shape index (κ3) is 5.08. The summed E-state index contributed by atoms with van der Waals surface area (Å²) in [6, 6.07) is 0.826. The second kappa shape index (κ2) is 11.1. The number of aliphatic hydroxyl groups excluding tert-OH is 1. The molecule has 1 aliphatic heterocycles. The van der Waals surface area contributed by atoms with Crippen molar-refractivity contribution in [1.29, 1.82) is 0 Å². The lowest BCUT2D eigenvalue weighted by Gasteiger charge is -2.61. The van der Waals surface area contributed by atoms with Crippen LogP contribution in [-0.4, -0.2) is 42.0 Å².